The molecule has 2 saturated carbocycles. The van der Waals surface area contributed by atoms with Crippen LogP contribution in [0, 0.1) is 23.6 Å². The third kappa shape index (κ3) is 7.87. The Balaban J connectivity index is 1.24. The van der Waals surface area contributed by atoms with E-state index < -0.39 is 0 Å². The Morgan fingerprint density at radius 3 is 1.83 bits per heavy atom. The molecule has 1 aromatic rings. The van der Waals surface area contributed by atoms with E-state index in [0.29, 0.717) is 12.2 Å². The minimum Gasteiger partial charge on any atom is -0.216 e. The molecule has 1 aromatic carbocycles. The summed E-state index contributed by atoms with van der Waals surface area (Å²) in [4.78, 5) is 0. The molecular weight excluding hydrogens is 362 g/mol. The highest BCUT2D eigenvalue weighted by molar-refractivity contribution is 5.20. The van der Waals surface area contributed by atoms with Gasteiger partial charge in [-0.1, -0.05) is 76.0 Å². The van der Waals surface area contributed by atoms with Gasteiger partial charge in [-0.2, -0.15) is 0 Å². The van der Waals surface area contributed by atoms with Crippen LogP contribution in [-0.4, -0.2) is 0 Å². The lowest BCUT2D eigenvalue weighted by atomic mass is 9.74. The molecule has 2 aliphatic carbocycles. The van der Waals surface area contributed by atoms with Crippen molar-refractivity contribution in [3.05, 3.63) is 48.1 Å². The molecule has 0 aliphatic heterocycles. The summed E-state index contributed by atoms with van der Waals surface area (Å²) in [5.74, 6) is 3.37. The van der Waals surface area contributed by atoms with Crippen LogP contribution in [-0.2, 0) is 0 Å². The van der Waals surface area contributed by atoms with Gasteiger partial charge in [0.15, 0.2) is 0 Å². The fraction of sp³-hybridized carbons (Fsp3) is 0.704. The molecule has 3 rings (SSSR count). The average molecular weight is 403 g/mol. The van der Waals surface area contributed by atoms with Gasteiger partial charge in [0.2, 0.25) is 0 Å². The topological polar surface area (TPSA) is 0 Å². The molecule has 0 amide bonds. The van der Waals surface area contributed by atoms with Gasteiger partial charge in [0.25, 0.3) is 0 Å². The molecule has 2 heteroatoms. The summed E-state index contributed by atoms with van der Waals surface area (Å²) in [7, 11) is 0. The predicted molar refractivity (Wildman–Crippen MR) is 119 cm³/mol. The quantitative estimate of drug-likeness (QED) is 0.342. The van der Waals surface area contributed by atoms with E-state index in [2.05, 4.69) is 0 Å². The van der Waals surface area contributed by atoms with Crippen LogP contribution in [0.4, 0.5) is 8.78 Å². The van der Waals surface area contributed by atoms with E-state index in [4.69, 9.17) is 0 Å². The zero-order valence-electron chi connectivity index (χ0n) is 18.1. The van der Waals surface area contributed by atoms with Crippen molar-refractivity contribution >= 4 is 0 Å². The third-order valence-electron chi connectivity index (χ3n) is 7.71. The summed E-state index contributed by atoms with van der Waals surface area (Å²) in [5, 5.41) is 0. The second-order valence-electron chi connectivity index (χ2n) is 9.73. The number of rotatable bonds is 10. The Kier molecular flexibility index (Phi) is 9.70. The average Bonchev–Trinajstić information content (AvgIpc) is 2.76. The van der Waals surface area contributed by atoms with Crippen LogP contribution < -0.4 is 0 Å². The number of hydrogen-bond acceptors (Lipinski definition) is 0. The van der Waals surface area contributed by atoms with Crippen molar-refractivity contribution in [2.45, 2.75) is 102 Å². The van der Waals surface area contributed by atoms with Crippen LogP contribution in [0.15, 0.2) is 36.7 Å². The lowest BCUT2D eigenvalue weighted by molar-refractivity contribution is 0.222. The summed E-state index contributed by atoms with van der Waals surface area (Å²) < 4.78 is 25.0. The van der Waals surface area contributed by atoms with Gasteiger partial charge in [-0.15, -0.1) is 0 Å². The molecule has 0 atom stereocenters. The van der Waals surface area contributed by atoms with Gasteiger partial charge in [0.05, 0.1) is 6.33 Å². The first-order valence-electron chi connectivity index (χ1n) is 12.2. The predicted octanol–water partition coefficient (Wildman–Crippen LogP) is 9.12. The van der Waals surface area contributed by atoms with Gasteiger partial charge >= 0.3 is 0 Å². The van der Waals surface area contributed by atoms with Crippen LogP contribution in [0.3, 0.4) is 0 Å². The van der Waals surface area contributed by atoms with E-state index in [1.165, 1.54) is 89.0 Å². The third-order valence-corrected chi connectivity index (χ3v) is 7.71. The van der Waals surface area contributed by atoms with Crippen molar-refractivity contribution in [1.82, 2.24) is 0 Å². The van der Waals surface area contributed by atoms with Crippen molar-refractivity contribution in [2.75, 3.05) is 0 Å². The van der Waals surface area contributed by atoms with E-state index in [1.807, 2.05) is 12.1 Å². The molecule has 162 valence electrons. The largest absolute Gasteiger partial charge is 0.216 e. The lowest BCUT2D eigenvalue weighted by Crippen LogP contribution is -2.17. The van der Waals surface area contributed by atoms with Gasteiger partial charge in [-0.3, -0.25) is 0 Å². The first-order valence-corrected chi connectivity index (χ1v) is 12.2. The van der Waals surface area contributed by atoms with E-state index >= 15 is 0 Å². The van der Waals surface area contributed by atoms with Crippen LogP contribution in [0.25, 0.3) is 0 Å². The van der Waals surface area contributed by atoms with E-state index in [1.54, 1.807) is 18.2 Å². The Morgan fingerprint density at radius 2 is 1.24 bits per heavy atom. The second kappa shape index (κ2) is 12.5. The molecule has 0 spiro atoms. The van der Waals surface area contributed by atoms with Crippen LogP contribution >= 0.6 is 0 Å². The van der Waals surface area contributed by atoms with Crippen molar-refractivity contribution < 1.29 is 8.78 Å². The molecule has 0 N–H and O–H groups in total. The Hall–Kier alpha value is -1.18. The summed E-state index contributed by atoms with van der Waals surface area (Å²) in [6, 6.07) is 7.20. The summed E-state index contributed by atoms with van der Waals surface area (Å²) in [6.07, 6.45) is 22.2. The van der Waals surface area contributed by atoms with Crippen molar-refractivity contribution in [2.24, 2.45) is 17.8 Å². The number of benzene rings is 1. The monoisotopic (exact) mass is 402 g/mol. The highest BCUT2D eigenvalue weighted by Crippen LogP contribution is 2.40. The molecule has 2 fully saturated rings. The van der Waals surface area contributed by atoms with Crippen LogP contribution in [0.1, 0.15) is 108 Å². The highest BCUT2D eigenvalue weighted by atomic mass is 19.1. The Morgan fingerprint density at radius 1 is 0.690 bits per heavy atom. The Labute approximate surface area is 177 Å². The maximum atomic E-state index is 13.1. The van der Waals surface area contributed by atoms with Crippen molar-refractivity contribution in [3.63, 3.8) is 0 Å². The molecular formula is C27H40F2. The normalized spacial score (nSPS) is 28.1. The summed E-state index contributed by atoms with van der Waals surface area (Å²) in [5.41, 5.74) is 1.34. The molecule has 0 unspecified atom stereocenters. The number of unbranched alkanes of at least 4 members (excludes halogenated alkanes) is 3. The molecule has 0 heterocycles. The highest BCUT2D eigenvalue weighted by Gasteiger charge is 2.25. The van der Waals surface area contributed by atoms with Gasteiger partial charge in [-0.25, -0.2) is 8.78 Å². The second-order valence-corrected chi connectivity index (χ2v) is 9.73. The van der Waals surface area contributed by atoms with Gasteiger partial charge in [0.1, 0.15) is 5.82 Å². The summed E-state index contributed by atoms with van der Waals surface area (Å²) in [6.45, 7) is 0. The molecule has 29 heavy (non-hydrogen) atoms. The smallest absolute Gasteiger partial charge is 0.123 e. The fourth-order valence-corrected chi connectivity index (χ4v) is 5.73. The molecule has 0 nitrogen and oxygen atoms in total. The maximum Gasteiger partial charge on any atom is 0.123 e. The van der Waals surface area contributed by atoms with Crippen molar-refractivity contribution in [1.29, 1.82) is 0 Å². The molecule has 0 radical (unpaired) electrons. The van der Waals surface area contributed by atoms with Crippen LogP contribution in [0.5, 0.6) is 0 Å². The van der Waals surface area contributed by atoms with Gasteiger partial charge in [-0.05, 0) is 79.9 Å². The zero-order valence-corrected chi connectivity index (χ0v) is 18.1. The van der Waals surface area contributed by atoms with E-state index in [0.717, 1.165) is 30.6 Å². The fourth-order valence-electron chi connectivity index (χ4n) is 5.73. The molecule has 0 aromatic heterocycles. The standard InChI is InChI=1S/C27H40F2/c28-21-5-3-1-2-4-6-22-7-9-23(10-8-22)11-12-24-13-15-25(16-14-24)26-17-19-27(29)20-18-26/h5,17-25H,1-4,6-16H2/b21-5+/t22-,23-,24-,25-. The Bertz CT molecular complexity index is 575. The van der Waals surface area contributed by atoms with Gasteiger partial charge in [0, 0.05) is 0 Å². The maximum absolute atomic E-state index is 13.1. The van der Waals surface area contributed by atoms with E-state index in [-0.39, 0.29) is 5.82 Å². The molecule has 2 aliphatic rings. The number of allylic oxidation sites excluding steroid dienone is 1. The molecule has 0 bridgehead atoms. The van der Waals surface area contributed by atoms with Crippen LogP contribution in [0.2, 0.25) is 0 Å². The first-order chi connectivity index (χ1) is 14.2. The number of hydrogen-bond donors (Lipinski definition) is 0. The summed E-state index contributed by atoms with van der Waals surface area (Å²) >= 11 is 0. The first kappa shape index (κ1) is 22.5. The van der Waals surface area contributed by atoms with E-state index in [9.17, 15) is 8.78 Å². The minimum atomic E-state index is -0.122. The SMILES string of the molecule is F/C=C/CCCCC[C@H]1CC[C@H](CC[C@H]2CC[C@H](c3ccc(F)cc3)CC2)CC1. The minimum absolute atomic E-state index is 0.122. The zero-order chi connectivity index (χ0) is 20.3. The number of halogens is 2. The van der Waals surface area contributed by atoms with Crippen molar-refractivity contribution in [3.8, 4) is 0 Å². The lowest BCUT2D eigenvalue weighted by Gasteiger charge is -2.32. The van der Waals surface area contributed by atoms with Gasteiger partial charge < -0.3 is 0 Å². The molecule has 0 saturated heterocycles.